The number of rotatable bonds is 10. The SMILES string of the molecule is CCCNCCn1cc(S(=O)(=O)NCCSC)cn1. The Bertz CT molecular complexity index is 459. The van der Waals surface area contributed by atoms with Crippen LogP contribution in [0.4, 0.5) is 0 Å². The molecule has 0 aromatic carbocycles. The summed E-state index contributed by atoms with van der Waals surface area (Å²) in [4.78, 5) is 0.226. The zero-order valence-corrected chi connectivity index (χ0v) is 13.1. The number of aromatic nitrogens is 2. The molecule has 0 aliphatic heterocycles. The summed E-state index contributed by atoms with van der Waals surface area (Å²) in [6.45, 7) is 4.95. The van der Waals surface area contributed by atoms with Crippen molar-refractivity contribution in [2.24, 2.45) is 0 Å². The zero-order chi connectivity index (χ0) is 14.1. The highest BCUT2D eigenvalue weighted by atomic mass is 32.2. The van der Waals surface area contributed by atoms with Crippen molar-refractivity contribution in [2.75, 3.05) is 31.6 Å². The fourth-order valence-corrected chi connectivity index (χ4v) is 2.88. The molecule has 6 nitrogen and oxygen atoms in total. The normalized spacial score (nSPS) is 11.9. The minimum Gasteiger partial charge on any atom is -0.315 e. The highest BCUT2D eigenvalue weighted by Crippen LogP contribution is 2.06. The van der Waals surface area contributed by atoms with E-state index in [1.165, 1.54) is 6.20 Å². The summed E-state index contributed by atoms with van der Waals surface area (Å²) >= 11 is 1.60. The van der Waals surface area contributed by atoms with Crippen LogP contribution < -0.4 is 10.0 Å². The molecule has 0 amide bonds. The molecule has 0 bridgehead atoms. The standard InChI is InChI=1S/C11H22N4O2S2/c1-3-4-12-5-7-15-10-11(9-13-15)19(16,17)14-6-8-18-2/h9-10,12,14H,3-8H2,1-2H3. The topological polar surface area (TPSA) is 76.0 Å². The molecule has 0 saturated heterocycles. The third-order valence-electron chi connectivity index (χ3n) is 2.46. The number of thioether (sulfide) groups is 1. The van der Waals surface area contributed by atoms with Crippen molar-refractivity contribution < 1.29 is 8.42 Å². The van der Waals surface area contributed by atoms with Gasteiger partial charge in [-0.05, 0) is 19.2 Å². The molecule has 110 valence electrons. The van der Waals surface area contributed by atoms with Gasteiger partial charge in [0.05, 0.1) is 12.7 Å². The second-order valence-corrected chi connectivity index (χ2v) is 6.83. The van der Waals surface area contributed by atoms with E-state index in [4.69, 9.17) is 0 Å². The molecular formula is C11H22N4O2S2. The zero-order valence-electron chi connectivity index (χ0n) is 11.4. The lowest BCUT2D eigenvalue weighted by atomic mass is 10.5. The second-order valence-electron chi connectivity index (χ2n) is 4.08. The third kappa shape index (κ3) is 5.94. The van der Waals surface area contributed by atoms with Crippen molar-refractivity contribution in [3.05, 3.63) is 12.4 Å². The van der Waals surface area contributed by atoms with Crippen LogP contribution in [0.1, 0.15) is 13.3 Å². The first kappa shape index (κ1) is 16.5. The van der Waals surface area contributed by atoms with Crippen LogP contribution in [0.25, 0.3) is 0 Å². The van der Waals surface area contributed by atoms with Gasteiger partial charge >= 0.3 is 0 Å². The third-order valence-corrected chi connectivity index (χ3v) is 4.49. The molecule has 1 heterocycles. The smallest absolute Gasteiger partial charge is 0.243 e. The molecule has 0 saturated carbocycles. The average molecular weight is 306 g/mol. The summed E-state index contributed by atoms with van der Waals surface area (Å²) in [5.74, 6) is 0.758. The lowest BCUT2D eigenvalue weighted by Gasteiger charge is -2.04. The minimum atomic E-state index is -3.41. The lowest BCUT2D eigenvalue weighted by molar-refractivity contribution is 0.552. The molecule has 0 fully saturated rings. The van der Waals surface area contributed by atoms with Crippen LogP contribution in [0.3, 0.4) is 0 Å². The minimum absolute atomic E-state index is 0.226. The van der Waals surface area contributed by atoms with Gasteiger partial charge in [0.25, 0.3) is 0 Å². The van der Waals surface area contributed by atoms with Crippen molar-refractivity contribution in [1.82, 2.24) is 19.8 Å². The van der Waals surface area contributed by atoms with E-state index < -0.39 is 10.0 Å². The quantitative estimate of drug-likeness (QED) is 0.617. The first-order chi connectivity index (χ1) is 9.10. The lowest BCUT2D eigenvalue weighted by Crippen LogP contribution is -2.25. The van der Waals surface area contributed by atoms with Crippen LogP contribution in [0, 0.1) is 0 Å². The van der Waals surface area contributed by atoms with Gasteiger partial charge in [0, 0.05) is 25.0 Å². The number of nitrogens with one attached hydrogen (secondary N) is 2. The van der Waals surface area contributed by atoms with Gasteiger partial charge in [-0.2, -0.15) is 16.9 Å². The first-order valence-corrected chi connectivity index (χ1v) is 9.19. The van der Waals surface area contributed by atoms with E-state index in [1.807, 2.05) is 6.26 Å². The predicted molar refractivity (Wildman–Crippen MR) is 79.0 cm³/mol. The summed E-state index contributed by atoms with van der Waals surface area (Å²) in [5, 5.41) is 7.31. The van der Waals surface area contributed by atoms with E-state index in [1.54, 1.807) is 22.6 Å². The van der Waals surface area contributed by atoms with Gasteiger partial charge in [0.1, 0.15) is 4.90 Å². The summed E-state index contributed by atoms with van der Waals surface area (Å²) in [5.41, 5.74) is 0. The van der Waals surface area contributed by atoms with E-state index in [9.17, 15) is 8.42 Å². The summed E-state index contributed by atoms with van der Waals surface area (Å²) in [6.07, 6.45) is 5.98. The van der Waals surface area contributed by atoms with Crippen LogP contribution in [0.2, 0.25) is 0 Å². The molecule has 0 atom stereocenters. The largest absolute Gasteiger partial charge is 0.315 e. The highest BCUT2D eigenvalue weighted by molar-refractivity contribution is 7.98. The van der Waals surface area contributed by atoms with E-state index in [0.29, 0.717) is 13.1 Å². The molecule has 0 aliphatic carbocycles. The molecule has 8 heteroatoms. The van der Waals surface area contributed by atoms with Gasteiger partial charge in [-0.15, -0.1) is 0 Å². The molecule has 0 spiro atoms. The number of nitrogens with zero attached hydrogens (tertiary/aromatic N) is 2. The molecule has 0 unspecified atom stereocenters. The number of hydrogen-bond acceptors (Lipinski definition) is 5. The first-order valence-electron chi connectivity index (χ1n) is 6.32. The van der Waals surface area contributed by atoms with Crippen molar-refractivity contribution in [1.29, 1.82) is 0 Å². The van der Waals surface area contributed by atoms with Gasteiger partial charge in [-0.3, -0.25) is 4.68 Å². The van der Waals surface area contributed by atoms with Crippen LogP contribution in [0.15, 0.2) is 17.3 Å². The van der Waals surface area contributed by atoms with Crippen molar-refractivity contribution in [2.45, 2.75) is 24.8 Å². The molecular weight excluding hydrogens is 284 g/mol. The second kappa shape index (κ2) is 8.57. The summed E-state index contributed by atoms with van der Waals surface area (Å²) in [6, 6.07) is 0. The highest BCUT2D eigenvalue weighted by Gasteiger charge is 2.15. The Morgan fingerprint density at radius 2 is 2.16 bits per heavy atom. The van der Waals surface area contributed by atoms with Crippen molar-refractivity contribution in [3.63, 3.8) is 0 Å². The molecule has 1 aromatic rings. The maximum Gasteiger partial charge on any atom is 0.243 e. The van der Waals surface area contributed by atoms with Gasteiger partial charge in [0.2, 0.25) is 10.0 Å². The monoisotopic (exact) mass is 306 g/mol. The van der Waals surface area contributed by atoms with Crippen LogP contribution in [-0.2, 0) is 16.6 Å². The fourth-order valence-electron chi connectivity index (χ4n) is 1.46. The van der Waals surface area contributed by atoms with Gasteiger partial charge in [-0.1, -0.05) is 6.92 Å². The van der Waals surface area contributed by atoms with Crippen molar-refractivity contribution in [3.8, 4) is 0 Å². The summed E-state index contributed by atoms with van der Waals surface area (Å²) in [7, 11) is -3.41. The van der Waals surface area contributed by atoms with Crippen LogP contribution in [0.5, 0.6) is 0 Å². The molecule has 19 heavy (non-hydrogen) atoms. The maximum absolute atomic E-state index is 11.9. The van der Waals surface area contributed by atoms with E-state index >= 15 is 0 Å². The van der Waals surface area contributed by atoms with Crippen LogP contribution >= 0.6 is 11.8 Å². The summed E-state index contributed by atoms with van der Waals surface area (Å²) < 4.78 is 28.0. The van der Waals surface area contributed by atoms with E-state index in [0.717, 1.165) is 25.3 Å². The molecule has 0 aliphatic rings. The molecule has 2 N–H and O–H groups in total. The molecule has 1 rings (SSSR count). The van der Waals surface area contributed by atoms with Crippen molar-refractivity contribution >= 4 is 21.8 Å². The Morgan fingerprint density at radius 3 is 2.84 bits per heavy atom. The van der Waals surface area contributed by atoms with E-state index in [-0.39, 0.29) is 4.90 Å². The van der Waals surface area contributed by atoms with Crippen LogP contribution in [-0.4, -0.2) is 49.8 Å². The number of hydrogen-bond donors (Lipinski definition) is 2. The Balaban J connectivity index is 2.48. The Morgan fingerprint density at radius 1 is 1.37 bits per heavy atom. The Labute approximate surface area is 119 Å². The average Bonchev–Trinajstić information content (AvgIpc) is 2.84. The Kier molecular flexibility index (Phi) is 7.44. The molecule has 0 radical (unpaired) electrons. The van der Waals surface area contributed by atoms with Gasteiger partial charge < -0.3 is 5.32 Å². The maximum atomic E-state index is 11.9. The van der Waals surface area contributed by atoms with E-state index in [2.05, 4.69) is 22.1 Å². The number of sulfonamides is 1. The molecule has 1 aromatic heterocycles. The predicted octanol–water partition coefficient (Wildman–Crippen LogP) is 0.524. The van der Waals surface area contributed by atoms with Gasteiger partial charge in [0.15, 0.2) is 0 Å². The fraction of sp³-hybridized carbons (Fsp3) is 0.727. The van der Waals surface area contributed by atoms with Gasteiger partial charge in [-0.25, -0.2) is 13.1 Å². The Hall–Kier alpha value is -0.570.